The normalized spacial score (nSPS) is 19.5. The Bertz CT molecular complexity index is 889. The van der Waals surface area contributed by atoms with Crippen LogP contribution in [-0.4, -0.2) is 53.1 Å². The van der Waals surface area contributed by atoms with Crippen molar-refractivity contribution in [3.63, 3.8) is 0 Å². The van der Waals surface area contributed by atoms with Gasteiger partial charge < -0.3 is 19.5 Å². The average molecular weight is 368 g/mol. The first-order chi connectivity index (χ1) is 13.1. The van der Waals surface area contributed by atoms with Gasteiger partial charge in [0.25, 0.3) is 5.91 Å². The smallest absolute Gasteiger partial charge is 0.255 e. The van der Waals surface area contributed by atoms with Gasteiger partial charge in [0.05, 0.1) is 12.1 Å². The summed E-state index contributed by atoms with van der Waals surface area (Å²) in [6.45, 7) is 4.97. The van der Waals surface area contributed by atoms with Gasteiger partial charge >= 0.3 is 0 Å². The van der Waals surface area contributed by atoms with E-state index in [-0.39, 0.29) is 17.6 Å². The SMILES string of the molecule is Cc1cc(=O)[nH]cc1C(=O)N1CC[C@@H](Oc2cccnc2N2CCCC2)C1. The molecule has 4 rings (SSSR count). The summed E-state index contributed by atoms with van der Waals surface area (Å²) in [5.74, 6) is 1.62. The Morgan fingerprint density at radius 1 is 1.30 bits per heavy atom. The summed E-state index contributed by atoms with van der Waals surface area (Å²) < 4.78 is 6.23. The van der Waals surface area contributed by atoms with Gasteiger partial charge in [0.2, 0.25) is 5.56 Å². The molecule has 2 fully saturated rings. The number of nitrogens with zero attached hydrogens (tertiary/aromatic N) is 3. The van der Waals surface area contributed by atoms with Crippen molar-refractivity contribution in [3.8, 4) is 5.75 Å². The number of H-pyrrole nitrogens is 1. The van der Waals surface area contributed by atoms with E-state index >= 15 is 0 Å². The van der Waals surface area contributed by atoms with Crippen LogP contribution < -0.4 is 15.2 Å². The van der Waals surface area contributed by atoms with E-state index in [0.717, 1.165) is 31.1 Å². The second kappa shape index (κ2) is 7.42. The van der Waals surface area contributed by atoms with Crippen molar-refractivity contribution in [1.82, 2.24) is 14.9 Å². The van der Waals surface area contributed by atoms with Crippen LogP contribution in [-0.2, 0) is 0 Å². The van der Waals surface area contributed by atoms with E-state index in [4.69, 9.17) is 4.74 Å². The first-order valence-electron chi connectivity index (χ1n) is 9.47. The van der Waals surface area contributed by atoms with Crippen LogP contribution in [0.1, 0.15) is 35.2 Å². The van der Waals surface area contributed by atoms with E-state index in [1.54, 1.807) is 18.0 Å². The van der Waals surface area contributed by atoms with Crippen molar-refractivity contribution in [1.29, 1.82) is 0 Å². The lowest BCUT2D eigenvalue weighted by atomic mass is 10.1. The molecule has 0 aromatic carbocycles. The zero-order chi connectivity index (χ0) is 18.8. The third-order valence-electron chi connectivity index (χ3n) is 5.24. The van der Waals surface area contributed by atoms with Crippen LogP contribution in [0.5, 0.6) is 5.75 Å². The predicted octanol–water partition coefficient (Wildman–Crippen LogP) is 1.97. The molecule has 0 radical (unpaired) electrons. The quantitative estimate of drug-likeness (QED) is 0.893. The van der Waals surface area contributed by atoms with Crippen molar-refractivity contribution in [3.05, 3.63) is 52.1 Å². The lowest BCUT2D eigenvalue weighted by Gasteiger charge is -2.22. The third-order valence-corrected chi connectivity index (χ3v) is 5.24. The number of carbonyl (C=O) groups excluding carboxylic acids is 1. The Balaban J connectivity index is 1.44. The Labute approximate surface area is 158 Å². The van der Waals surface area contributed by atoms with Gasteiger partial charge in [0.15, 0.2) is 11.6 Å². The van der Waals surface area contributed by atoms with E-state index in [9.17, 15) is 9.59 Å². The van der Waals surface area contributed by atoms with Crippen LogP contribution in [0.3, 0.4) is 0 Å². The van der Waals surface area contributed by atoms with Crippen molar-refractivity contribution >= 4 is 11.7 Å². The highest BCUT2D eigenvalue weighted by Crippen LogP contribution is 2.30. The van der Waals surface area contributed by atoms with Gasteiger partial charge in [0.1, 0.15) is 6.10 Å². The fourth-order valence-electron chi connectivity index (χ4n) is 3.80. The molecule has 2 aromatic heterocycles. The topological polar surface area (TPSA) is 78.5 Å². The van der Waals surface area contributed by atoms with E-state index in [1.807, 2.05) is 12.1 Å². The summed E-state index contributed by atoms with van der Waals surface area (Å²) in [6.07, 6.45) is 6.39. The minimum absolute atomic E-state index is 0.0532. The highest BCUT2D eigenvalue weighted by atomic mass is 16.5. The highest BCUT2D eigenvalue weighted by Gasteiger charge is 2.30. The molecule has 7 nitrogen and oxygen atoms in total. The highest BCUT2D eigenvalue weighted by molar-refractivity contribution is 5.95. The van der Waals surface area contributed by atoms with Gasteiger partial charge in [-0.25, -0.2) is 4.98 Å². The lowest BCUT2D eigenvalue weighted by molar-refractivity contribution is 0.0771. The number of nitrogens with one attached hydrogen (secondary N) is 1. The molecule has 0 unspecified atom stereocenters. The van der Waals surface area contributed by atoms with Crippen molar-refractivity contribution in [2.45, 2.75) is 32.3 Å². The minimum Gasteiger partial charge on any atom is -0.485 e. The predicted molar refractivity (Wildman–Crippen MR) is 102 cm³/mol. The Hall–Kier alpha value is -2.83. The standard InChI is InChI=1S/C20H24N4O3/c1-14-11-18(25)22-12-16(14)20(26)24-10-6-15(13-24)27-17-5-4-7-21-19(17)23-8-2-3-9-23/h4-5,7,11-12,15H,2-3,6,8-10,13H2,1H3,(H,22,25)/t15-/m1/s1. The number of pyridine rings is 2. The van der Waals surface area contributed by atoms with Crippen molar-refractivity contribution < 1.29 is 9.53 Å². The number of ether oxygens (including phenoxy) is 1. The van der Waals surface area contributed by atoms with Crippen LogP contribution in [0.15, 0.2) is 35.4 Å². The molecule has 0 aliphatic carbocycles. The monoisotopic (exact) mass is 368 g/mol. The molecule has 1 N–H and O–H groups in total. The van der Waals surface area contributed by atoms with E-state index in [0.29, 0.717) is 24.2 Å². The van der Waals surface area contributed by atoms with Crippen LogP contribution >= 0.6 is 0 Å². The molecule has 1 amide bonds. The summed E-state index contributed by atoms with van der Waals surface area (Å²) in [7, 11) is 0. The number of rotatable bonds is 4. The largest absolute Gasteiger partial charge is 0.485 e. The van der Waals surface area contributed by atoms with Crippen LogP contribution in [0.25, 0.3) is 0 Å². The summed E-state index contributed by atoms with van der Waals surface area (Å²) >= 11 is 0. The molecule has 142 valence electrons. The maximum Gasteiger partial charge on any atom is 0.255 e. The molecule has 4 heterocycles. The van der Waals surface area contributed by atoms with Gasteiger partial charge in [-0.3, -0.25) is 9.59 Å². The Morgan fingerprint density at radius 3 is 2.89 bits per heavy atom. The van der Waals surface area contributed by atoms with Crippen molar-refractivity contribution in [2.75, 3.05) is 31.1 Å². The fourth-order valence-corrected chi connectivity index (χ4v) is 3.80. The van der Waals surface area contributed by atoms with Gasteiger partial charge in [-0.05, 0) is 37.5 Å². The molecule has 1 atom stereocenters. The molecular weight excluding hydrogens is 344 g/mol. The van der Waals surface area contributed by atoms with Gasteiger partial charge in [0, 0.05) is 44.5 Å². The van der Waals surface area contributed by atoms with E-state index in [2.05, 4.69) is 14.9 Å². The second-order valence-electron chi connectivity index (χ2n) is 7.19. The molecule has 0 saturated carbocycles. The number of amides is 1. The van der Waals surface area contributed by atoms with E-state index in [1.165, 1.54) is 25.1 Å². The number of aromatic nitrogens is 2. The number of carbonyl (C=O) groups is 1. The van der Waals surface area contributed by atoms with Gasteiger partial charge in [-0.15, -0.1) is 0 Å². The molecule has 2 saturated heterocycles. The number of aryl methyl sites for hydroxylation is 1. The molecule has 2 aliphatic heterocycles. The zero-order valence-corrected chi connectivity index (χ0v) is 15.5. The molecule has 27 heavy (non-hydrogen) atoms. The molecule has 0 bridgehead atoms. The van der Waals surface area contributed by atoms with Crippen LogP contribution in [0.4, 0.5) is 5.82 Å². The second-order valence-corrected chi connectivity index (χ2v) is 7.19. The number of anilines is 1. The molecule has 2 aliphatic rings. The third kappa shape index (κ3) is 3.67. The molecular formula is C20H24N4O3. The maximum atomic E-state index is 12.8. The molecule has 0 spiro atoms. The first kappa shape index (κ1) is 17.6. The number of hydrogen-bond acceptors (Lipinski definition) is 5. The number of hydrogen-bond donors (Lipinski definition) is 1. The number of likely N-dealkylation sites (tertiary alicyclic amines) is 1. The Kier molecular flexibility index (Phi) is 4.83. The molecule has 7 heteroatoms. The maximum absolute atomic E-state index is 12.8. The summed E-state index contributed by atoms with van der Waals surface area (Å²) in [6, 6.07) is 5.29. The first-order valence-corrected chi connectivity index (χ1v) is 9.47. The van der Waals surface area contributed by atoms with Gasteiger partial charge in [-0.2, -0.15) is 0 Å². The van der Waals surface area contributed by atoms with Crippen LogP contribution in [0.2, 0.25) is 0 Å². The van der Waals surface area contributed by atoms with E-state index < -0.39 is 0 Å². The fraction of sp³-hybridized carbons (Fsp3) is 0.450. The zero-order valence-electron chi connectivity index (χ0n) is 15.5. The van der Waals surface area contributed by atoms with Crippen LogP contribution in [0, 0.1) is 6.92 Å². The van der Waals surface area contributed by atoms with Gasteiger partial charge in [-0.1, -0.05) is 0 Å². The Morgan fingerprint density at radius 2 is 2.11 bits per heavy atom. The average Bonchev–Trinajstić information content (AvgIpc) is 3.34. The minimum atomic E-state index is -0.197. The summed E-state index contributed by atoms with van der Waals surface area (Å²) in [5.41, 5.74) is 1.03. The summed E-state index contributed by atoms with van der Waals surface area (Å²) in [4.78, 5) is 35.3. The molecule has 2 aromatic rings. The summed E-state index contributed by atoms with van der Waals surface area (Å²) in [5, 5.41) is 0. The number of aromatic amines is 1. The van der Waals surface area contributed by atoms with Crippen molar-refractivity contribution in [2.24, 2.45) is 0 Å². The lowest BCUT2D eigenvalue weighted by Crippen LogP contribution is -2.32.